The van der Waals surface area contributed by atoms with Gasteiger partial charge < -0.3 is 9.52 Å². The number of halogens is 1. The molecule has 0 fully saturated rings. The number of nitrogens with zero attached hydrogens (tertiary/aromatic N) is 1. The number of aliphatic hydroxyl groups excluding tert-OH is 1. The maximum atomic E-state index is 12.8. The predicted molar refractivity (Wildman–Crippen MR) is 86.3 cm³/mol. The van der Waals surface area contributed by atoms with Crippen molar-refractivity contribution in [3.8, 4) is 0 Å². The minimum Gasteiger partial charge on any atom is -0.508 e. The Morgan fingerprint density at radius 3 is 2.65 bits per heavy atom. The Balaban J connectivity index is 1.89. The average Bonchev–Trinajstić information content (AvgIpc) is 2.55. The van der Waals surface area contributed by atoms with Crippen LogP contribution in [-0.2, 0) is 0 Å². The Labute approximate surface area is 130 Å². The quantitative estimate of drug-likeness (QED) is 0.588. The van der Waals surface area contributed by atoms with Gasteiger partial charge in [0.2, 0.25) is 0 Å². The normalized spacial score (nSPS) is 12.1. The fourth-order valence-electron chi connectivity index (χ4n) is 2.00. The van der Waals surface area contributed by atoms with Crippen molar-refractivity contribution >= 4 is 23.3 Å². The van der Waals surface area contributed by atoms with Crippen LogP contribution in [0.5, 0.6) is 0 Å². The minimum absolute atomic E-state index is 0.00459. The summed E-state index contributed by atoms with van der Waals surface area (Å²) < 4.78 is 17.9. The Kier molecular flexibility index (Phi) is 4.01. The van der Waals surface area contributed by atoms with Crippen LogP contribution in [0.3, 0.4) is 0 Å². The van der Waals surface area contributed by atoms with Crippen LogP contribution in [0.1, 0.15) is 11.3 Å². The highest BCUT2D eigenvalue weighted by Crippen LogP contribution is 2.11. The first-order valence-corrected chi connectivity index (χ1v) is 6.86. The Morgan fingerprint density at radius 2 is 1.87 bits per heavy atom. The molecule has 3 aromatic rings. The standard InChI is InChI=1S/C18H12FNO3/c19-13-8-5-12(6-9-13)7-10-14(21)11-16-18(22)23-17-4-2-1-3-15(17)20-16/h1-11,21H. The van der Waals surface area contributed by atoms with Gasteiger partial charge in [-0.1, -0.05) is 30.3 Å². The molecule has 0 saturated heterocycles. The summed E-state index contributed by atoms with van der Waals surface area (Å²) in [5.74, 6) is -0.496. The molecule has 0 radical (unpaired) electrons. The third-order valence-electron chi connectivity index (χ3n) is 3.12. The van der Waals surface area contributed by atoms with Crippen molar-refractivity contribution in [1.29, 1.82) is 0 Å². The molecule has 0 aliphatic heterocycles. The van der Waals surface area contributed by atoms with Crippen molar-refractivity contribution in [2.75, 3.05) is 0 Å². The Bertz CT molecular complexity index is 956. The highest BCUT2D eigenvalue weighted by Gasteiger charge is 2.05. The van der Waals surface area contributed by atoms with Crippen molar-refractivity contribution < 1.29 is 13.9 Å². The van der Waals surface area contributed by atoms with Crippen LogP contribution in [0, 0.1) is 5.82 Å². The van der Waals surface area contributed by atoms with Crippen LogP contribution in [-0.4, -0.2) is 10.1 Å². The highest BCUT2D eigenvalue weighted by atomic mass is 19.1. The van der Waals surface area contributed by atoms with Gasteiger partial charge in [-0.2, -0.15) is 0 Å². The topological polar surface area (TPSA) is 63.3 Å². The van der Waals surface area contributed by atoms with Crippen LogP contribution in [0.15, 0.2) is 69.6 Å². The molecule has 0 aliphatic carbocycles. The summed E-state index contributed by atoms with van der Waals surface area (Å²) in [6.45, 7) is 0. The van der Waals surface area contributed by atoms with Gasteiger partial charge in [-0.3, -0.25) is 0 Å². The third-order valence-corrected chi connectivity index (χ3v) is 3.12. The molecule has 0 aliphatic rings. The zero-order valence-corrected chi connectivity index (χ0v) is 11.9. The molecular weight excluding hydrogens is 297 g/mol. The minimum atomic E-state index is -0.634. The zero-order valence-electron chi connectivity index (χ0n) is 11.9. The van der Waals surface area contributed by atoms with E-state index in [1.165, 1.54) is 24.3 Å². The lowest BCUT2D eigenvalue weighted by molar-refractivity contribution is 0.437. The van der Waals surface area contributed by atoms with E-state index in [2.05, 4.69) is 4.98 Å². The second-order valence-corrected chi connectivity index (χ2v) is 4.81. The summed E-state index contributed by atoms with van der Waals surface area (Å²) in [6, 6.07) is 12.7. The summed E-state index contributed by atoms with van der Waals surface area (Å²) in [6.07, 6.45) is 4.20. The highest BCUT2D eigenvalue weighted by molar-refractivity contribution is 5.72. The fourth-order valence-corrected chi connectivity index (χ4v) is 2.00. The van der Waals surface area contributed by atoms with E-state index in [0.29, 0.717) is 16.7 Å². The lowest BCUT2D eigenvalue weighted by Gasteiger charge is -1.97. The summed E-state index contributed by atoms with van der Waals surface area (Å²) in [7, 11) is 0. The van der Waals surface area contributed by atoms with Crippen LogP contribution in [0.25, 0.3) is 23.3 Å². The van der Waals surface area contributed by atoms with Gasteiger partial charge >= 0.3 is 5.63 Å². The van der Waals surface area contributed by atoms with Gasteiger partial charge in [0.1, 0.15) is 17.1 Å². The number of para-hydroxylation sites is 2. The smallest absolute Gasteiger partial charge is 0.362 e. The molecule has 2 aromatic carbocycles. The summed E-state index contributed by atoms with van der Waals surface area (Å²) in [4.78, 5) is 16.0. The first kappa shape index (κ1) is 14.7. The van der Waals surface area contributed by atoms with E-state index in [9.17, 15) is 14.3 Å². The molecular formula is C18H12FNO3. The van der Waals surface area contributed by atoms with Crippen molar-refractivity contribution in [2.45, 2.75) is 0 Å². The maximum Gasteiger partial charge on any atom is 0.362 e. The van der Waals surface area contributed by atoms with Crippen LogP contribution < -0.4 is 5.63 Å². The Hall–Kier alpha value is -3.21. The first-order chi connectivity index (χ1) is 11.1. The van der Waals surface area contributed by atoms with E-state index in [0.717, 1.165) is 0 Å². The number of aromatic nitrogens is 1. The van der Waals surface area contributed by atoms with E-state index in [4.69, 9.17) is 4.42 Å². The molecule has 0 bridgehead atoms. The molecule has 0 amide bonds. The van der Waals surface area contributed by atoms with E-state index in [1.54, 1.807) is 42.5 Å². The van der Waals surface area contributed by atoms with Gasteiger partial charge in [0.05, 0.1) is 0 Å². The van der Waals surface area contributed by atoms with Gasteiger partial charge in [0, 0.05) is 6.08 Å². The van der Waals surface area contributed by atoms with Crippen LogP contribution in [0.2, 0.25) is 0 Å². The molecule has 5 heteroatoms. The first-order valence-electron chi connectivity index (χ1n) is 6.86. The fraction of sp³-hybridized carbons (Fsp3) is 0. The molecule has 3 rings (SSSR count). The van der Waals surface area contributed by atoms with Crippen LogP contribution >= 0.6 is 0 Å². The molecule has 1 heterocycles. The number of fused-ring (bicyclic) bond motifs is 1. The zero-order chi connectivity index (χ0) is 16.2. The molecule has 114 valence electrons. The van der Waals surface area contributed by atoms with Gasteiger partial charge in [-0.25, -0.2) is 14.2 Å². The van der Waals surface area contributed by atoms with E-state index in [-0.39, 0.29) is 17.3 Å². The molecule has 0 atom stereocenters. The SMILES string of the molecule is O=c1oc2ccccc2nc1C=C(O)C=Cc1ccc(F)cc1. The third kappa shape index (κ3) is 3.52. The number of hydrogen-bond acceptors (Lipinski definition) is 4. The van der Waals surface area contributed by atoms with Crippen molar-refractivity contribution in [3.05, 3.63) is 87.9 Å². The van der Waals surface area contributed by atoms with Gasteiger partial charge in [-0.15, -0.1) is 0 Å². The van der Waals surface area contributed by atoms with Crippen molar-refractivity contribution in [1.82, 2.24) is 4.98 Å². The maximum absolute atomic E-state index is 12.8. The number of hydrogen-bond donors (Lipinski definition) is 1. The lowest BCUT2D eigenvalue weighted by atomic mass is 10.2. The Morgan fingerprint density at radius 1 is 1.13 bits per heavy atom. The van der Waals surface area contributed by atoms with E-state index in [1.807, 2.05) is 0 Å². The van der Waals surface area contributed by atoms with Crippen molar-refractivity contribution in [3.63, 3.8) is 0 Å². The number of allylic oxidation sites excluding steroid dienone is 1. The molecule has 0 saturated carbocycles. The second kappa shape index (κ2) is 6.27. The van der Waals surface area contributed by atoms with E-state index >= 15 is 0 Å². The van der Waals surface area contributed by atoms with Crippen LogP contribution in [0.4, 0.5) is 4.39 Å². The molecule has 4 nitrogen and oxygen atoms in total. The molecule has 23 heavy (non-hydrogen) atoms. The number of benzene rings is 2. The molecule has 0 unspecified atom stereocenters. The van der Waals surface area contributed by atoms with E-state index < -0.39 is 5.63 Å². The molecule has 0 spiro atoms. The lowest BCUT2D eigenvalue weighted by Crippen LogP contribution is -2.06. The predicted octanol–water partition coefficient (Wildman–Crippen LogP) is 3.94. The summed E-state index contributed by atoms with van der Waals surface area (Å²) in [5, 5.41) is 9.89. The number of aliphatic hydroxyl groups is 1. The van der Waals surface area contributed by atoms with Gasteiger partial charge in [-0.05, 0) is 35.9 Å². The summed E-state index contributed by atoms with van der Waals surface area (Å²) >= 11 is 0. The largest absolute Gasteiger partial charge is 0.508 e. The number of rotatable bonds is 3. The van der Waals surface area contributed by atoms with Crippen molar-refractivity contribution in [2.24, 2.45) is 0 Å². The molecule has 1 aromatic heterocycles. The van der Waals surface area contributed by atoms with Gasteiger partial charge in [0.25, 0.3) is 0 Å². The van der Waals surface area contributed by atoms with Gasteiger partial charge in [0.15, 0.2) is 11.3 Å². The molecule has 1 N–H and O–H groups in total. The second-order valence-electron chi connectivity index (χ2n) is 4.81. The monoisotopic (exact) mass is 309 g/mol. The average molecular weight is 309 g/mol. The summed E-state index contributed by atoms with van der Waals surface area (Å²) in [5.41, 5.74) is 0.991.